The fourth-order valence-electron chi connectivity index (χ4n) is 1.54. The number of nitrogen functional groups attached to an aromatic ring is 1. The summed E-state index contributed by atoms with van der Waals surface area (Å²) in [6, 6.07) is 3.29. The number of nitrogens with two attached hydrogens (primary N) is 1. The second kappa shape index (κ2) is 5.19. The number of methoxy groups -OCH3 is 1. The van der Waals surface area contributed by atoms with Gasteiger partial charge in [0.2, 0.25) is 5.95 Å². The Morgan fingerprint density at radius 1 is 1.53 bits per heavy atom. The lowest BCUT2D eigenvalue weighted by atomic mass is 10.2. The number of benzene rings is 1. The Hall–Kier alpha value is -2.21. The van der Waals surface area contributed by atoms with Crippen LogP contribution in [-0.2, 0) is 0 Å². The summed E-state index contributed by atoms with van der Waals surface area (Å²) in [5.74, 6) is 0.572. The first-order valence-corrected chi connectivity index (χ1v) is 5.82. The second-order valence-corrected chi connectivity index (χ2v) is 4.23. The molecule has 19 heavy (non-hydrogen) atoms. The van der Waals surface area contributed by atoms with Crippen LogP contribution in [0.1, 0.15) is 11.3 Å². The molecule has 0 saturated heterocycles. The first kappa shape index (κ1) is 13.2. The van der Waals surface area contributed by atoms with Crippen LogP contribution in [0.3, 0.4) is 0 Å². The average molecular weight is 281 g/mol. The van der Waals surface area contributed by atoms with Gasteiger partial charge in [0.25, 0.3) is 0 Å². The van der Waals surface area contributed by atoms with Crippen LogP contribution in [0.4, 0.5) is 5.95 Å². The SMILES string of the molecule is COc1ccc(C=Nn2cc(C)nc2N)c(O)c1Cl. The minimum atomic E-state index is -0.0971. The zero-order valence-electron chi connectivity index (χ0n) is 10.5. The van der Waals surface area contributed by atoms with Crippen molar-refractivity contribution in [3.05, 3.63) is 34.6 Å². The van der Waals surface area contributed by atoms with Crippen LogP contribution in [-0.4, -0.2) is 28.1 Å². The van der Waals surface area contributed by atoms with Gasteiger partial charge in [0.15, 0.2) is 0 Å². The highest BCUT2D eigenvalue weighted by atomic mass is 35.5. The van der Waals surface area contributed by atoms with E-state index in [2.05, 4.69) is 10.1 Å². The van der Waals surface area contributed by atoms with E-state index < -0.39 is 0 Å². The molecular formula is C12H13ClN4O2. The van der Waals surface area contributed by atoms with Gasteiger partial charge in [0, 0.05) is 5.56 Å². The molecule has 3 N–H and O–H groups in total. The predicted octanol–water partition coefficient (Wildman–Crippen LogP) is 2.02. The molecule has 0 atom stereocenters. The summed E-state index contributed by atoms with van der Waals surface area (Å²) in [4.78, 5) is 4.01. The average Bonchev–Trinajstić information content (AvgIpc) is 2.70. The quantitative estimate of drug-likeness (QED) is 0.842. The van der Waals surface area contributed by atoms with E-state index in [9.17, 15) is 5.11 Å². The summed E-state index contributed by atoms with van der Waals surface area (Å²) in [6.45, 7) is 1.81. The summed E-state index contributed by atoms with van der Waals surface area (Å²) in [5, 5.41) is 14.1. The number of aryl methyl sites for hydroxylation is 1. The fourth-order valence-corrected chi connectivity index (χ4v) is 1.79. The van der Waals surface area contributed by atoms with Crippen LogP contribution in [0.2, 0.25) is 5.02 Å². The number of aromatic hydroxyl groups is 1. The number of anilines is 1. The van der Waals surface area contributed by atoms with Crippen LogP contribution >= 0.6 is 11.6 Å². The van der Waals surface area contributed by atoms with Crippen molar-refractivity contribution in [2.45, 2.75) is 6.92 Å². The first-order valence-electron chi connectivity index (χ1n) is 5.44. The molecule has 0 fully saturated rings. The number of imidazole rings is 1. The number of hydrogen-bond acceptors (Lipinski definition) is 5. The Morgan fingerprint density at radius 3 is 2.84 bits per heavy atom. The van der Waals surface area contributed by atoms with Crippen molar-refractivity contribution in [1.29, 1.82) is 0 Å². The molecule has 2 rings (SSSR count). The lowest BCUT2D eigenvalue weighted by Crippen LogP contribution is -1.97. The molecule has 0 saturated carbocycles. The highest BCUT2D eigenvalue weighted by Gasteiger charge is 2.10. The predicted molar refractivity (Wildman–Crippen MR) is 74.0 cm³/mol. The van der Waals surface area contributed by atoms with Gasteiger partial charge in [0.1, 0.15) is 16.5 Å². The number of phenolic OH excluding ortho intramolecular Hbond substituents is 1. The van der Waals surface area contributed by atoms with E-state index >= 15 is 0 Å². The summed E-state index contributed by atoms with van der Waals surface area (Å²) >= 11 is 5.94. The highest BCUT2D eigenvalue weighted by Crippen LogP contribution is 2.35. The van der Waals surface area contributed by atoms with E-state index in [0.717, 1.165) is 5.69 Å². The van der Waals surface area contributed by atoms with Gasteiger partial charge in [-0.1, -0.05) is 11.6 Å². The van der Waals surface area contributed by atoms with Gasteiger partial charge >= 0.3 is 0 Å². The Labute approximate surface area is 115 Å². The van der Waals surface area contributed by atoms with Gasteiger partial charge in [-0.3, -0.25) is 0 Å². The smallest absolute Gasteiger partial charge is 0.221 e. The molecule has 0 aliphatic rings. The van der Waals surface area contributed by atoms with E-state index in [1.165, 1.54) is 18.0 Å². The molecule has 0 spiro atoms. The van der Waals surface area contributed by atoms with E-state index in [-0.39, 0.29) is 16.7 Å². The normalized spacial score (nSPS) is 11.1. The molecule has 1 aromatic heterocycles. The van der Waals surface area contributed by atoms with Gasteiger partial charge in [-0.2, -0.15) is 5.10 Å². The molecule has 100 valence electrons. The minimum absolute atomic E-state index is 0.0971. The van der Waals surface area contributed by atoms with Crippen molar-refractivity contribution >= 4 is 23.8 Å². The topological polar surface area (TPSA) is 85.7 Å². The molecule has 0 aliphatic heterocycles. The Balaban J connectivity index is 2.34. The van der Waals surface area contributed by atoms with Gasteiger partial charge in [-0.05, 0) is 19.1 Å². The van der Waals surface area contributed by atoms with E-state index in [1.54, 1.807) is 18.3 Å². The van der Waals surface area contributed by atoms with Crippen molar-refractivity contribution in [2.75, 3.05) is 12.8 Å². The number of phenols is 1. The zero-order valence-corrected chi connectivity index (χ0v) is 11.2. The first-order chi connectivity index (χ1) is 9.02. The molecule has 0 amide bonds. The third-order valence-corrected chi connectivity index (χ3v) is 2.85. The third-order valence-electron chi connectivity index (χ3n) is 2.49. The molecule has 1 aromatic carbocycles. The summed E-state index contributed by atoms with van der Waals surface area (Å²) in [5.41, 5.74) is 6.86. The largest absolute Gasteiger partial charge is 0.506 e. The van der Waals surface area contributed by atoms with Gasteiger partial charge < -0.3 is 15.6 Å². The standard InChI is InChI=1S/C12H13ClN4O2/c1-7-6-17(12(14)16-7)15-5-8-3-4-9(19-2)10(13)11(8)18/h3-6,18H,1-2H3,(H2,14,16). The number of hydrogen-bond donors (Lipinski definition) is 2. The van der Waals surface area contributed by atoms with Crippen LogP contribution in [0, 0.1) is 6.92 Å². The highest BCUT2D eigenvalue weighted by molar-refractivity contribution is 6.34. The monoisotopic (exact) mass is 280 g/mol. The maximum absolute atomic E-state index is 9.90. The maximum atomic E-state index is 9.90. The number of halogens is 1. The lowest BCUT2D eigenvalue weighted by Gasteiger charge is -2.06. The second-order valence-electron chi connectivity index (χ2n) is 3.85. The Kier molecular flexibility index (Phi) is 3.62. The van der Waals surface area contributed by atoms with Crippen LogP contribution in [0.25, 0.3) is 0 Å². The van der Waals surface area contributed by atoms with Crippen molar-refractivity contribution in [1.82, 2.24) is 9.66 Å². The van der Waals surface area contributed by atoms with E-state index in [4.69, 9.17) is 22.1 Å². The van der Waals surface area contributed by atoms with Crippen LogP contribution in [0.15, 0.2) is 23.4 Å². The van der Waals surface area contributed by atoms with Crippen molar-refractivity contribution in [2.24, 2.45) is 5.10 Å². The molecule has 2 aromatic rings. The molecule has 0 unspecified atom stereocenters. The van der Waals surface area contributed by atoms with Crippen LogP contribution < -0.4 is 10.5 Å². The molecule has 6 nitrogen and oxygen atoms in total. The fraction of sp³-hybridized carbons (Fsp3) is 0.167. The lowest BCUT2D eigenvalue weighted by molar-refractivity contribution is 0.408. The number of rotatable bonds is 3. The Morgan fingerprint density at radius 2 is 2.26 bits per heavy atom. The summed E-state index contributed by atoms with van der Waals surface area (Å²) in [7, 11) is 1.48. The van der Waals surface area contributed by atoms with E-state index in [0.29, 0.717) is 11.3 Å². The summed E-state index contributed by atoms with van der Waals surface area (Å²) < 4.78 is 6.40. The summed E-state index contributed by atoms with van der Waals surface area (Å²) in [6.07, 6.45) is 3.12. The number of ether oxygens (including phenoxy) is 1. The molecular weight excluding hydrogens is 268 g/mol. The zero-order chi connectivity index (χ0) is 14.0. The number of nitrogens with zero attached hydrogens (tertiary/aromatic N) is 3. The van der Waals surface area contributed by atoms with Crippen LogP contribution in [0.5, 0.6) is 11.5 Å². The molecule has 7 heteroatoms. The maximum Gasteiger partial charge on any atom is 0.221 e. The minimum Gasteiger partial charge on any atom is -0.506 e. The molecule has 0 aliphatic carbocycles. The molecule has 1 heterocycles. The van der Waals surface area contributed by atoms with E-state index in [1.807, 2.05) is 6.92 Å². The Bertz CT molecular complexity index is 637. The molecule has 0 bridgehead atoms. The van der Waals surface area contributed by atoms with Crippen molar-refractivity contribution < 1.29 is 9.84 Å². The van der Waals surface area contributed by atoms with Gasteiger partial charge in [-0.15, -0.1) is 0 Å². The van der Waals surface area contributed by atoms with Crippen molar-refractivity contribution in [3.8, 4) is 11.5 Å². The van der Waals surface area contributed by atoms with Gasteiger partial charge in [-0.25, -0.2) is 9.66 Å². The van der Waals surface area contributed by atoms with Gasteiger partial charge in [0.05, 0.1) is 25.2 Å². The number of aromatic nitrogens is 2. The molecule has 0 radical (unpaired) electrons. The van der Waals surface area contributed by atoms with Crippen molar-refractivity contribution in [3.63, 3.8) is 0 Å². The third kappa shape index (κ3) is 2.63.